The number of urea groups is 1. The highest BCUT2D eigenvalue weighted by molar-refractivity contribution is 9.10. The topological polar surface area (TPSA) is 71.4 Å². The maximum Gasteiger partial charge on any atom is 0.335 e. The molecule has 29 heavy (non-hydrogen) atoms. The van der Waals surface area contributed by atoms with E-state index < -0.39 is 23.7 Å². The molecule has 6 nitrogen and oxygen atoms in total. The summed E-state index contributed by atoms with van der Waals surface area (Å²) in [5.41, 5.74) is 0.773. The molecule has 0 unspecified atom stereocenters. The van der Waals surface area contributed by atoms with E-state index in [1.165, 1.54) is 16.7 Å². The molecule has 1 aliphatic heterocycles. The largest absolute Gasteiger partial charge is 0.335 e. The fourth-order valence-electron chi connectivity index (χ4n) is 3.01. The van der Waals surface area contributed by atoms with Crippen LogP contribution in [0.5, 0.6) is 0 Å². The van der Waals surface area contributed by atoms with E-state index in [1.807, 2.05) is 0 Å². The fraction of sp³-hybridized carbons (Fsp3) is 0. The molecule has 1 aliphatic rings. The van der Waals surface area contributed by atoms with E-state index in [1.54, 1.807) is 60.8 Å². The summed E-state index contributed by atoms with van der Waals surface area (Å²) < 4.78 is 16.5. The summed E-state index contributed by atoms with van der Waals surface area (Å²) in [4.78, 5) is 38.4. The van der Waals surface area contributed by atoms with Gasteiger partial charge in [0.15, 0.2) is 0 Å². The van der Waals surface area contributed by atoms with Gasteiger partial charge < -0.3 is 4.57 Å². The Balaban J connectivity index is 1.76. The minimum atomic E-state index is -0.830. The minimum Gasteiger partial charge on any atom is -0.314 e. The van der Waals surface area contributed by atoms with E-state index in [9.17, 15) is 18.8 Å². The van der Waals surface area contributed by atoms with Crippen molar-refractivity contribution in [2.45, 2.75) is 0 Å². The number of imide groups is 2. The number of hydrogen-bond acceptors (Lipinski definition) is 3. The lowest BCUT2D eigenvalue weighted by atomic mass is 10.1. The molecule has 2 aromatic carbocycles. The van der Waals surface area contributed by atoms with Crippen LogP contribution in [0, 0.1) is 5.82 Å². The summed E-state index contributed by atoms with van der Waals surface area (Å²) in [6.45, 7) is 0. The first kappa shape index (κ1) is 18.8. The van der Waals surface area contributed by atoms with Crippen molar-refractivity contribution in [3.05, 3.63) is 88.4 Å². The van der Waals surface area contributed by atoms with Gasteiger partial charge in [-0.15, -0.1) is 0 Å². The van der Waals surface area contributed by atoms with E-state index in [-0.39, 0.29) is 11.3 Å². The van der Waals surface area contributed by atoms with Crippen LogP contribution >= 0.6 is 15.9 Å². The average molecular weight is 454 g/mol. The summed E-state index contributed by atoms with van der Waals surface area (Å²) in [5, 5.41) is 2.17. The molecule has 3 aromatic rings. The lowest BCUT2D eigenvalue weighted by molar-refractivity contribution is -0.122. The number of barbiturate groups is 1. The van der Waals surface area contributed by atoms with E-state index in [0.29, 0.717) is 11.4 Å². The molecule has 1 N–H and O–H groups in total. The summed E-state index contributed by atoms with van der Waals surface area (Å²) in [5.74, 6) is -2.02. The molecule has 8 heteroatoms. The Labute approximate surface area is 173 Å². The first-order valence-electron chi connectivity index (χ1n) is 8.55. The third kappa shape index (κ3) is 3.50. The van der Waals surface area contributed by atoms with Gasteiger partial charge >= 0.3 is 6.03 Å². The van der Waals surface area contributed by atoms with Crippen LogP contribution in [0.15, 0.2) is 76.9 Å². The first-order valence-corrected chi connectivity index (χ1v) is 9.34. The van der Waals surface area contributed by atoms with Crippen molar-refractivity contribution in [3.63, 3.8) is 0 Å². The van der Waals surface area contributed by atoms with Crippen molar-refractivity contribution in [2.75, 3.05) is 4.90 Å². The second kappa shape index (κ2) is 7.48. The van der Waals surface area contributed by atoms with Gasteiger partial charge in [-0.2, -0.15) is 0 Å². The van der Waals surface area contributed by atoms with Gasteiger partial charge in [-0.25, -0.2) is 14.1 Å². The van der Waals surface area contributed by atoms with Crippen molar-refractivity contribution in [1.29, 1.82) is 0 Å². The van der Waals surface area contributed by atoms with Gasteiger partial charge in [0.2, 0.25) is 0 Å². The Hall–Kier alpha value is -3.52. The predicted molar refractivity (Wildman–Crippen MR) is 109 cm³/mol. The van der Waals surface area contributed by atoms with Crippen molar-refractivity contribution in [3.8, 4) is 5.69 Å². The van der Waals surface area contributed by atoms with Crippen LogP contribution in [0.4, 0.5) is 14.9 Å². The molecule has 0 atom stereocenters. The number of halogens is 2. The van der Waals surface area contributed by atoms with E-state index in [0.717, 1.165) is 9.37 Å². The molecular weight excluding hydrogens is 441 g/mol. The summed E-state index contributed by atoms with van der Waals surface area (Å²) in [6.07, 6.45) is 2.95. The van der Waals surface area contributed by atoms with Crippen molar-refractivity contribution < 1.29 is 18.8 Å². The fourth-order valence-corrected chi connectivity index (χ4v) is 3.27. The van der Waals surface area contributed by atoms with Crippen LogP contribution in [0.1, 0.15) is 5.69 Å². The Morgan fingerprint density at radius 1 is 0.931 bits per heavy atom. The standard InChI is InChI=1S/C21H13BrFN3O3/c22-13-7-9-14(10-8-13)26-20(28)16(19(27)24-21(26)29)12-15-4-3-11-25(15)18-6-2-1-5-17(18)23/h1-12H,(H,24,27,29)/b16-12+. The number of amides is 4. The number of rotatable bonds is 3. The maximum atomic E-state index is 14.2. The molecule has 0 spiro atoms. The first-order chi connectivity index (χ1) is 14.0. The van der Waals surface area contributed by atoms with Crippen LogP contribution in [-0.4, -0.2) is 22.4 Å². The van der Waals surface area contributed by atoms with Gasteiger partial charge in [-0.1, -0.05) is 28.1 Å². The SMILES string of the molecule is O=C1NC(=O)N(c2ccc(Br)cc2)C(=O)/C1=C/c1cccn1-c1ccccc1F. The highest BCUT2D eigenvalue weighted by Gasteiger charge is 2.37. The van der Waals surface area contributed by atoms with Crippen molar-refractivity contribution >= 4 is 45.5 Å². The Morgan fingerprint density at radius 2 is 1.66 bits per heavy atom. The molecule has 4 amide bonds. The summed E-state index contributed by atoms with van der Waals surface area (Å²) in [6, 6.07) is 15.1. The van der Waals surface area contributed by atoms with Gasteiger partial charge in [0.1, 0.15) is 11.4 Å². The summed E-state index contributed by atoms with van der Waals surface area (Å²) >= 11 is 3.29. The van der Waals surface area contributed by atoms with Gasteiger partial charge in [-0.3, -0.25) is 14.9 Å². The van der Waals surface area contributed by atoms with E-state index >= 15 is 0 Å². The van der Waals surface area contributed by atoms with Crippen LogP contribution in [0.3, 0.4) is 0 Å². The number of carbonyl (C=O) groups excluding carboxylic acids is 3. The number of hydrogen-bond donors (Lipinski definition) is 1. The summed E-state index contributed by atoms with van der Waals surface area (Å²) in [7, 11) is 0. The monoisotopic (exact) mass is 453 g/mol. The highest BCUT2D eigenvalue weighted by Crippen LogP contribution is 2.25. The van der Waals surface area contributed by atoms with E-state index in [4.69, 9.17) is 0 Å². The van der Waals surface area contributed by atoms with Crippen molar-refractivity contribution in [2.24, 2.45) is 0 Å². The smallest absolute Gasteiger partial charge is 0.314 e. The molecular formula is C21H13BrFN3O3. The zero-order chi connectivity index (χ0) is 20.5. The molecule has 1 aromatic heterocycles. The third-order valence-electron chi connectivity index (χ3n) is 4.37. The Morgan fingerprint density at radius 3 is 2.38 bits per heavy atom. The molecule has 1 saturated heterocycles. The minimum absolute atomic E-state index is 0.233. The number of aromatic nitrogens is 1. The van der Waals surface area contributed by atoms with Gasteiger partial charge in [0.05, 0.1) is 11.4 Å². The number of carbonyl (C=O) groups is 3. The van der Waals surface area contributed by atoms with Crippen LogP contribution in [0.2, 0.25) is 0 Å². The normalized spacial score (nSPS) is 15.7. The molecule has 4 rings (SSSR count). The zero-order valence-electron chi connectivity index (χ0n) is 14.8. The molecule has 1 fully saturated rings. The van der Waals surface area contributed by atoms with Gasteiger partial charge in [0, 0.05) is 16.4 Å². The van der Waals surface area contributed by atoms with Crippen molar-refractivity contribution in [1.82, 2.24) is 9.88 Å². The van der Waals surface area contributed by atoms with E-state index in [2.05, 4.69) is 21.2 Å². The second-order valence-corrected chi connectivity index (χ2v) is 7.10. The lowest BCUT2D eigenvalue weighted by Gasteiger charge is -2.26. The molecule has 0 aliphatic carbocycles. The molecule has 0 saturated carbocycles. The predicted octanol–water partition coefficient (Wildman–Crippen LogP) is 4.05. The highest BCUT2D eigenvalue weighted by atomic mass is 79.9. The zero-order valence-corrected chi connectivity index (χ0v) is 16.4. The third-order valence-corrected chi connectivity index (χ3v) is 4.90. The Bertz CT molecular complexity index is 1170. The van der Waals surface area contributed by atoms with Gasteiger partial charge in [0.25, 0.3) is 11.8 Å². The average Bonchev–Trinajstić information content (AvgIpc) is 3.15. The molecule has 144 valence electrons. The molecule has 0 bridgehead atoms. The van der Waals surface area contributed by atoms with Crippen LogP contribution in [0.25, 0.3) is 11.8 Å². The maximum absolute atomic E-state index is 14.2. The quantitative estimate of drug-likeness (QED) is 0.480. The number of benzene rings is 2. The van der Waals surface area contributed by atoms with Crippen LogP contribution < -0.4 is 10.2 Å². The van der Waals surface area contributed by atoms with Crippen LogP contribution in [-0.2, 0) is 9.59 Å². The number of anilines is 1. The Kier molecular flexibility index (Phi) is 4.85. The molecule has 2 heterocycles. The number of nitrogens with zero attached hydrogens (tertiary/aromatic N) is 2. The van der Waals surface area contributed by atoms with Gasteiger partial charge in [-0.05, 0) is 54.6 Å². The lowest BCUT2D eigenvalue weighted by Crippen LogP contribution is -2.54. The second-order valence-electron chi connectivity index (χ2n) is 6.19. The molecule has 0 radical (unpaired) electrons. The number of para-hydroxylation sites is 1. The number of nitrogens with one attached hydrogen (secondary N) is 1.